The number of rotatable bonds is 6. The van der Waals surface area contributed by atoms with Gasteiger partial charge in [0, 0.05) is 0 Å². The van der Waals surface area contributed by atoms with Gasteiger partial charge in [-0.1, -0.05) is 103 Å². The second-order valence-corrected chi connectivity index (χ2v) is 10.9. The van der Waals surface area contributed by atoms with Crippen molar-refractivity contribution in [2.45, 2.75) is 46.0 Å². The first kappa shape index (κ1) is 31.5. The van der Waals surface area contributed by atoms with Gasteiger partial charge in [-0.05, 0) is 36.8 Å². The summed E-state index contributed by atoms with van der Waals surface area (Å²) < 4.78 is 0. The van der Waals surface area contributed by atoms with Crippen LogP contribution in [0.1, 0.15) is 48.9 Å². The monoisotopic (exact) mass is 688 g/mol. The fourth-order valence-corrected chi connectivity index (χ4v) is 6.03. The van der Waals surface area contributed by atoms with Crippen LogP contribution in [-0.2, 0) is 31.3 Å². The SMILES string of the molecule is CCCC(C)(c1cc2c(-c3ccc(C)cc3)cccc2[cH-]1)c1cc2c(-c3ccc(C)cc3)cccc2[cH-]1.[CH3-].[CH3-].[Hf+4]. The Hall–Kier alpha value is -3.03. The number of hydrogen-bond donors (Lipinski definition) is 0. The molecule has 0 fully saturated rings. The van der Waals surface area contributed by atoms with Crippen LogP contribution < -0.4 is 0 Å². The zero-order chi connectivity index (χ0) is 25.6. The van der Waals surface area contributed by atoms with Crippen molar-refractivity contribution < 1.29 is 25.8 Å². The third-order valence-corrected chi connectivity index (χ3v) is 8.25. The maximum Gasteiger partial charge on any atom is 4.00 e. The summed E-state index contributed by atoms with van der Waals surface area (Å²) in [6.07, 6.45) is 2.24. The van der Waals surface area contributed by atoms with E-state index in [1.807, 2.05) is 0 Å². The fourth-order valence-electron chi connectivity index (χ4n) is 6.03. The van der Waals surface area contributed by atoms with Crippen molar-refractivity contribution in [3.63, 3.8) is 0 Å². The Labute approximate surface area is 260 Å². The zero-order valence-corrected chi connectivity index (χ0v) is 28.4. The van der Waals surface area contributed by atoms with Gasteiger partial charge in [0.15, 0.2) is 0 Å². The van der Waals surface area contributed by atoms with E-state index in [1.54, 1.807) is 0 Å². The minimum Gasteiger partial charge on any atom is -0.358 e. The third-order valence-electron chi connectivity index (χ3n) is 8.25. The Kier molecular flexibility index (Phi) is 9.96. The van der Waals surface area contributed by atoms with Gasteiger partial charge in [-0.2, -0.15) is 12.1 Å². The molecule has 6 aromatic carbocycles. The molecule has 0 aromatic heterocycles. The smallest absolute Gasteiger partial charge is 0.358 e. The Morgan fingerprint density at radius 3 is 1.38 bits per heavy atom. The van der Waals surface area contributed by atoms with Crippen LogP contribution >= 0.6 is 0 Å². The van der Waals surface area contributed by atoms with Crippen LogP contribution in [0.25, 0.3) is 43.8 Å². The van der Waals surface area contributed by atoms with E-state index in [1.165, 1.54) is 66.1 Å². The van der Waals surface area contributed by atoms with Crippen molar-refractivity contribution in [1.82, 2.24) is 0 Å². The molecule has 0 nitrogen and oxygen atoms in total. The summed E-state index contributed by atoms with van der Waals surface area (Å²) in [5.41, 5.74) is 10.6. The maximum atomic E-state index is 2.46. The van der Waals surface area contributed by atoms with Crippen LogP contribution in [0.3, 0.4) is 0 Å². The Bertz CT molecular complexity index is 1570. The average Bonchev–Trinajstić information content (AvgIpc) is 3.55. The van der Waals surface area contributed by atoms with E-state index < -0.39 is 0 Å². The van der Waals surface area contributed by atoms with Crippen molar-refractivity contribution in [3.8, 4) is 22.3 Å². The molecule has 0 heterocycles. The van der Waals surface area contributed by atoms with E-state index in [4.69, 9.17) is 0 Å². The van der Waals surface area contributed by atoms with Crippen LogP contribution in [0, 0.1) is 28.7 Å². The summed E-state index contributed by atoms with van der Waals surface area (Å²) in [7, 11) is 0. The molecule has 6 aromatic rings. The van der Waals surface area contributed by atoms with Gasteiger partial charge in [0.1, 0.15) is 0 Å². The van der Waals surface area contributed by atoms with E-state index >= 15 is 0 Å². The molecule has 6 rings (SSSR count). The van der Waals surface area contributed by atoms with Crippen molar-refractivity contribution >= 4 is 21.5 Å². The van der Waals surface area contributed by atoms with E-state index in [0.717, 1.165) is 12.8 Å². The van der Waals surface area contributed by atoms with E-state index in [9.17, 15) is 0 Å². The van der Waals surface area contributed by atoms with Crippen LogP contribution in [-0.4, -0.2) is 0 Å². The van der Waals surface area contributed by atoms with Gasteiger partial charge >= 0.3 is 25.8 Å². The second kappa shape index (κ2) is 12.6. The standard InChI is InChI=1S/C37H34.2CH3.Hf/c1-5-20-37(4,31-21-29-8-6-10-33(35(29)23-31)27-16-12-25(2)13-17-27)32-22-30-9-7-11-34(36(30)24-32)28-18-14-26(3)15-19-28;;;/h6-19,21-24H,5,20H2,1-4H3;2*1H3;/q-2;2*-1;+4. The largest absolute Gasteiger partial charge is 4.00 e. The predicted octanol–water partition coefficient (Wildman–Crippen LogP) is 11.4. The van der Waals surface area contributed by atoms with Gasteiger partial charge in [-0.25, -0.2) is 0 Å². The molecule has 0 spiro atoms. The quantitative estimate of drug-likeness (QED) is 0.121. The number of fused-ring (bicyclic) bond motifs is 2. The third kappa shape index (κ3) is 5.59. The normalized spacial score (nSPS) is 11.1. The first-order valence-electron chi connectivity index (χ1n) is 13.5. The van der Waals surface area contributed by atoms with Gasteiger partial charge in [-0.15, -0.1) is 69.1 Å². The Balaban J connectivity index is 0.00000147. The second-order valence-electron chi connectivity index (χ2n) is 10.9. The minimum atomic E-state index is -0.0537. The molecule has 40 heavy (non-hydrogen) atoms. The molecule has 0 aliphatic rings. The summed E-state index contributed by atoms with van der Waals surface area (Å²) in [4.78, 5) is 0. The minimum absolute atomic E-state index is 0. The molecule has 0 unspecified atom stereocenters. The van der Waals surface area contributed by atoms with Crippen molar-refractivity contribution in [2.75, 3.05) is 0 Å². The zero-order valence-electron chi connectivity index (χ0n) is 24.8. The number of benzene rings is 4. The molecule has 1 heteroatoms. The van der Waals surface area contributed by atoms with Crippen LogP contribution in [0.15, 0.2) is 109 Å². The van der Waals surface area contributed by atoms with E-state index in [-0.39, 0.29) is 46.1 Å². The first-order valence-corrected chi connectivity index (χ1v) is 13.5. The molecule has 0 aliphatic heterocycles. The molecular formula is C39H40Hf. The molecule has 0 aliphatic carbocycles. The molecule has 200 valence electrons. The maximum absolute atomic E-state index is 2.46. The van der Waals surface area contributed by atoms with E-state index in [0.29, 0.717) is 0 Å². The molecule has 0 amide bonds. The van der Waals surface area contributed by atoms with Crippen LogP contribution in [0.2, 0.25) is 0 Å². The van der Waals surface area contributed by atoms with Gasteiger partial charge in [-0.3, -0.25) is 0 Å². The van der Waals surface area contributed by atoms with Crippen molar-refractivity contribution in [2.24, 2.45) is 0 Å². The summed E-state index contributed by atoms with van der Waals surface area (Å²) in [5, 5.41) is 5.35. The molecule has 0 atom stereocenters. The molecular weight excluding hydrogens is 647 g/mol. The molecule has 0 bridgehead atoms. The van der Waals surface area contributed by atoms with Gasteiger partial charge < -0.3 is 14.9 Å². The summed E-state index contributed by atoms with van der Waals surface area (Å²) >= 11 is 0. The van der Waals surface area contributed by atoms with Gasteiger partial charge in [0.2, 0.25) is 0 Å². The summed E-state index contributed by atoms with van der Waals surface area (Å²) in [6, 6.07) is 41.1. The van der Waals surface area contributed by atoms with Gasteiger partial charge in [0.05, 0.1) is 0 Å². The first-order chi connectivity index (χ1) is 18.0. The molecule has 0 saturated heterocycles. The predicted molar refractivity (Wildman–Crippen MR) is 174 cm³/mol. The molecule has 0 saturated carbocycles. The number of hydrogen-bond acceptors (Lipinski definition) is 0. The average molecular weight is 687 g/mol. The van der Waals surface area contributed by atoms with Crippen LogP contribution in [0.5, 0.6) is 0 Å². The van der Waals surface area contributed by atoms with Gasteiger partial charge in [0.25, 0.3) is 0 Å². The molecule has 0 radical (unpaired) electrons. The topological polar surface area (TPSA) is 0 Å². The summed E-state index contributed by atoms with van der Waals surface area (Å²) in [5.74, 6) is 0. The van der Waals surface area contributed by atoms with E-state index in [2.05, 4.69) is 137 Å². The molecule has 0 N–H and O–H groups in total. The van der Waals surface area contributed by atoms with Crippen LogP contribution in [0.4, 0.5) is 0 Å². The Morgan fingerprint density at radius 1 is 0.600 bits per heavy atom. The Morgan fingerprint density at radius 2 is 1.00 bits per heavy atom. The summed E-state index contributed by atoms with van der Waals surface area (Å²) in [6.45, 7) is 9.04. The van der Waals surface area contributed by atoms with Crippen molar-refractivity contribution in [3.05, 3.63) is 146 Å². The fraction of sp³-hybridized carbons (Fsp3) is 0.179. The number of aryl methyl sites for hydroxylation is 2. The van der Waals surface area contributed by atoms with Crippen molar-refractivity contribution in [1.29, 1.82) is 0 Å².